The zero-order valence-corrected chi connectivity index (χ0v) is 12.9. The quantitative estimate of drug-likeness (QED) is 0.715. The minimum Gasteiger partial charge on any atom is -0.481 e. The van der Waals surface area contributed by atoms with Crippen molar-refractivity contribution in [2.24, 2.45) is 0 Å². The van der Waals surface area contributed by atoms with Crippen LogP contribution in [0.25, 0.3) is 22.7 Å². The van der Waals surface area contributed by atoms with Crippen molar-refractivity contribution >= 4 is 28.7 Å². The van der Waals surface area contributed by atoms with Crippen LogP contribution in [0.2, 0.25) is 0 Å². The van der Waals surface area contributed by atoms with Crippen LogP contribution in [-0.2, 0) is 4.79 Å². The van der Waals surface area contributed by atoms with Gasteiger partial charge in [0.05, 0.1) is 6.42 Å². The number of carbonyl (C=O) groups is 1. The molecule has 5 nitrogen and oxygen atoms in total. The maximum Gasteiger partial charge on any atom is 0.387 e. The molecule has 0 aliphatic rings. The minimum atomic E-state index is -2.98. The first kappa shape index (κ1) is 16.6. The molecule has 7 heteroatoms. The Balaban J connectivity index is 2.07. The Morgan fingerprint density at radius 2 is 1.92 bits per heavy atom. The normalized spacial score (nSPS) is 11.9. The average Bonchev–Trinajstić information content (AvgIpc) is 2.99. The number of oxazole rings is 1. The molecule has 128 valence electrons. The van der Waals surface area contributed by atoms with E-state index in [-0.39, 0.29) is 23.6 Å². The Morgan fingerprint density at radius 3 is 2.64 bits per heavy atom. The second-order valence-corrected chi connectivity index (χ2v) is 5.14. The molecule has 0 bridgehead atoms. The van der Waals surface area contributed by atoms with Crippen molar-refractivity contribution in [3.63, 3.8) is 0 Å². The Kier molecular flexibility index (Phi) is 4.74. The largest absolute Gasteiger partial charge is 0.481 e. The number of rotatable bonds is 6. The number of fused-ring (bicyclic) bond motifs is 1. The van der Waals surface area contributed by atoms with Gasteiger partial charge in [-0.1, -0.05) is 30.3 Å². The van der Waals surface area contributed by atoms with Crippen molar-refractivity contribution in [2.45, 2.75) is 13.0 Å². The standard InChI is InChI=1S/C18H13F2NO4/c19-18(20)25-14-7-3-1-5-11(14)9-12(10-16(22)23)17-21-13-6-2-4-8-15(13)24-17/h1-9,18H,10H2,(H,22,23). The van der Waals surface area contributed by atoms with Gasteiger partial charge in [0.1, 0.15) is 11.3 Å². The number of halogens is 2. The van der Waals surface area contributed by atoms with Gasteiger partial charge in [0, 0.05) is 11.1 Å². The Labute approximate surface area is 141 Å². The SMILES string of the molecule is O=C(O)CC(=Cc1ccccc1OC(F)F)c1nc2ccccc2o1. The number of hydrogen-bond donors (Lipinski definition) is 1. The number of carboxylic acid groups (broad SMARTS) is 1. The fraction of sp³-hybridized carbons (Fsp3) is 0.111. The van der Waals surface area contributed by atoms with E-state index in [9.17, 15) is 13.6 Å². The van der Waals surface area contributed by atoms with Gasteiger partial charge in [-0.2, -0.15) is 8.78 Å². The van der Waals surface area contributed by atoms with E-state index >= 15 is 0 Å². The number of aliphatic carboxylic acids is 1. The third-order valence-corrected chi connectivity index (χ3v) is 3.38. The Bertz CT molecular complexity index is 900. The van der Waals surface area contributed by atoms with Crippen LogP contribution in [-0.4, -0.2) is 22.7 Å². The molecule has 2 aromatic carbocycles. The molecule has 0 amide bonds. The van der Waals surface area contributed by atoms with E-state index in [4.69, 9.17) is 9.52 Å². The maximum absolute atomic E-state index is 12.5. The fourth-order valence-corrected chi connectivity index (χ4v) is 2.35. The second kappa shape index (κ2) is 7.12. The lowest BCUT2D eigenvalue weighted by molar-refractivity contribution is -0.135. The van der Waals surface area contributed by atoms with Crippen molar-refractivity contribution in [1.82, 2.24) is 4.98 Å². The summed E-state index contributed by atoms with van der Waals surface area (Å²) < 4.78 is 35.1. The highest BCUT2D eigenvalue weighted by atomic mass is 19.3. The number of benzene rings is 2. The van der Waals surface area contributed by atoms with Gasteiger partial charge in [-0.15, -0.1) is 0 Å². The molecule has 25 heavy (non-hydrogen) atoms. The zero-order chi connectivity index (χ0) is 17.8. The molecule has 0 aliphatic carbocycles. The van der Waals surface area contributed by atoms with E-state index in [1.807, 2.05) is 0 Å². The molecule has 0 radical (unpaired) electrons. The highest BCUT2D eigenvalue weighted by molar-refractivity contribution is 5.91. The smallest absolute Gasteiger partial charge is 0.387 e. The van der Waals surface area contributed by atoms with Crippen molar-refractivity contribution in [3.05, 3.63) is 60.0 Å². The molecule has 0 unspecified atom stereocenters. The molecular formula is C18H13F2NO4. The molecule has 1 N–H and O–H groups in total. The molecule has 0 fully saturated rings. The molecule has 0 spiro atoms. The summed E-state index contributed by atoms with van der Waals surface area (Å²) >= 11 is 0. The summed E-state index contributed by atoms with van der Waals surface area (Å²) in [6.07, 6.45) is 1.05. The molecule has 3 rings (SSSR count). The number of aromatic nitrogens is 1. The van der Waals surface area contributed by atoms with Crippen LogP contribution in [0, 0.1) is 0 Å². The summed E-state index contributed by atoms with van der Waals surface area (Å²) in [7, 11) is 0. The van der Waals surface area contributed by atoms with Crippen LogP contribution < -0.4 is 4.74 Å². The van der Waals surface area contributed by atoms with Crippen LogP contribution in [0.15, 0.2) is 52.9 Å². The second-order valence-electron chi connectivity index (χ2n) is 5.14. The molecule has 0 atom stereocenters. The summed E-state index contributed by atoms with van der Waals surface area (Å²) in [5, 5.41) is 9.15. The van der Waals surface area contributed by atoms with Crippen molar-refractivity contribution in [3.8, 4) is 5.75 Å². The lowest BCUT2D eigenvalue weighted by Crippen LogP contribution is -2.03. The van der Waals surface area contributed by atoms with Crippen molar-refractivity contribution in [2.75, 3.05) is 0 Å². The predicted molar refractivity (Wildman–Crippen MR) is 87.2 cm³/mol. The third kappa shape index (κ3) is 4.00. The molecule has 1 aromatic heterocycles. The highest BCUT2D eigenvalue weighted by Gasteiger charge is 2.16. The molecule has 0 aliphatic heterocycles. The number of ether oxygens (including phenoxy) is 1. The number of para-hydroxylation sites is 3. The summed E-state index contributed by atoms with van der Waals surface area (Å²) in [5.74, 6) is -1.03. The molecule has 1 heterocycles. The summed E-state index contributed by atoms with van der Waals surface area (Å²) in [4.78, 5) is 15.5. The molecule has 0 saturated heterocycles. The summed E-state index contributed by atoms with van der Waals surface area (Å²) in [6.45, 7) is -2.98. The Morgan fingerprint density at radius 1 is 1.20 bits per heavy atom. The van der Waals surface area contributed by atoms with Gasteiger partial charge in [-0.05, 0) is 24.3 Å². The van der Waals surface area contributed by atoms with E-state index in [0.717, 1.165) is 0 Å². The van der Waals surface area contributed by atoms with Gasteiger partial charge in [0.25, 0.3) is 0 Å². The highest BCUT2D eigenvalue weighted by Crippen LogP contribution is 2.29. The maximum atomic E-state index is 12.5. The van der Waals surface area contributed by atoms with Crippen LogP contribution in [0.1, 0.15) is 17.9 Å². The van der Waals surface area contributed by atoms with Gasteiger partial charge < -0.3 is 14.3 Å². The van der Waals surface area contributed by atoms with Gasteiger partial charge >= 0.3 is 12.6 Å². The molecule has 0 saturated carbocycles. The first-order valence-corrected chi connectivity index (χ1v) is 7.35. The van der Waals surface area contributed by atoms with E-state index in [1.54, 1.807) is 42.5 Å². The third-order valence-electron chi connectivity index (χ3n) is 3.38. The molecular weight excluding hydrogens is 332 g/mol. The van der Waals surface area contributed by atoms with E-state index in [1.165, 1.54) is 12.1 Å². The minimum absolute atomic E-state index is 0.0588. The monoisotopic (exact) mass is 345 g/mol. The predicted octanol–water partition coefficient (Wildman–Crippen LogP) is 4.44. The van der Waals surface area contributed by atoms with E-state index in [2.05, 4.69) is 9.72 Å². The first-order valence-electron chi connectivity index (χ1n) is 7.35. The lowest BCUT2D eigenvalue weighted by Gasteiger charge is -2.08. The van der Waals surface area contributed by atoms with Gasteiger partial charge in [0.2, 0.25) is 5.89 Å². The summed E-state index contributed by atoms with van der Waals surface area (Å²) in [5.41, 5.74) is 1.63. The topological polar surface area (TPSA) is 72.6 Å². The van der Waals surface area contributed by atoms with Gasteiger partial charge in [0.15, 0.2) is 5.58 Å². The number of hydrogen-bond acceptors (Lipinski definition) is 4. The Hall–Kier alpha value is -3.22. The average molecular weight is 345 g/mol. The summed E-state index contributed by atoms with van der Waals surface area (Å²) in [6, 6.07) is 13.1. The molecule has 3 aromatic rings. The van der Waals surface area contributed by atoms with Crippen LogP contribution in [0.5, 0.6) is 5.75 Å². The number of alkyl halides is 2. The van der Waals surface area contributed by atoms with Gasteiger partial charge in [-0.25, -0.2) is 4.98 Å². The van der Waals surface area contributed by atoms with Crippen LogP contribution >= 0.6 is 0 Å². The number of nitrogens with zero attached hydrogens (tertiary/aromatic N) is 1. The lowest BCUT2D eigenvalue weighted by atomic mass is 10.1. The van der Waals surface area contributed by atoms with Crippen molar-refractivity contribution < 1.29 is 27.8 Å². The van der Waals surface area contributed by atoms with E-state index in [0.29, 0.717) is 16.7 Å². The zero-order valence-electron chi connectivity index (χ0n) is 12.9. The van der Waals surface area contributed by atoms with Gasteiger partial charge in [-0.3, -0.25) is 4.79 Å². The first-order chi connectivity index (χ1) is 12.0. The van der Waals surface area contributed by atoms with Crippen LogP contribution in [0.4, 0.5) is 8.78 Å². The van der Waals surface area contributed by atoms with Crippen LogP contribution in [0.3, 0.4) is 0 Å². The van der Waals surface area contributed by atoms with Crippen molar-refractivity contribution in [1.29, 1.82) is 0 Å². The fourth-order valence-electron chi connectivity index (χ4n) is 2.35. The number of carboxylic acids is 1. The van der Waals surface area contributed by atoms with E-state index < -0.39 is 12.6 Å².